The summed E-state index contributed by atoms with van der Waals surface area (Å²) >= 11 is 0. The molecule has 3 aromatic heterocycles. The molecule has 0 saturated heterocycles. The number of aryl methyl sites for hydroxylation is 1. The van der Waals surface area contributed by atoms with Crippen molar-refractivity contribution in [3.8, 4) is 11.4 Å². The maximum Gasteiger partial charge on any atom is 0.141 e. The zero-order chi connectivity index (χ0) is 14.9. The maximum absolute atomic E-state index is 12.9. The van der Waals surface area contributed by atoms with Gasteiger partial charge < -0.3 is 4.52 Å². The topological polar surface area (TPSA) is 69.6 Å². The van der Waals surface area contributed by atoms with Crippen molar-refractivity contribution >= 4 is 0 Å². The number of hydrogen-bond donors (Lipinski definition) is 0. The molecule has 0 unspecified atom stereocenters. The van der Waals surface area contributed by atoms with Crippen molar-refractivity contribution in [2.45, 2.75) is 32.2 Å². The summed E-state index contributed by atoms with van der Waals surface area (Å²) in [6, 6.07) is 2.94. The van der Waals surface area contributed by atoms with E-state index in [1.807, 2.05) is 0 Å². The fourth-order valence-electron chi connectivity index (χ4n) is 2.75. The normalized spacial score (nSPS) is 14.0. The average Bonchev–Trinajstić information content (AvgIpc) is 3.16. The van der Waals surface area contributed by atoms with Crippen LogP contribution in [0, 0.1) is 5.82 Å². The Morgan fingerprint density at radius 3 is 2.95 bits per heavy atom. The summed E-state index contributed by atoms with van der Waals surface area (Å²) in [6.45, 7) is 0.521. The molecule has 1 aliphatic carbocycles. The first-order chi connectivity index (χ1) is 10.8. The van der Waals surface area contributed by atoms with Gasteiger partial charge >= 0.3 is 0 Å². The number of halogens is 1. The number of rotatable bonds is 3. The lowest BCUT2D eigenvalue weighted by Gasteiger charge is -2.08. The second-order valence-electron chi connectivity index (χ2n) is 5.40. The van der Waals surface area contributed by atoms with Crippen LogP contribution in [0.25, 0.3) is 11.4 Å². The molecule has 0 fully saturated rings. The summed E-state index contributed by atoms with van der Waals surface area (Å²) in [5.74, 6) is 0.632. The van der Waals surface area contributed by atoms with Crippen molar-refractivity contribution in [3.05, 3.63) is 47.4 Å². The third-order valence-corrected chi connectivity index (χ3v) is 3.87. The van der Waals surface area contributed by atoms with Crippen LogP contribution in [0.5, 0.6) is 0 Å². The quantitative estimate of drug-likeness (QED) is 0.742. The van der Waals surface area contributed by atoms with Gasteiger partial charge in [0.2, 0.25) is 0 Å². The minimum Gasteiger partial charge on any atom is -0.361 e. The van der Waals surface area contributed by atoms with Gasteiger partial charge in [-0.1, -0.05) is 10.4 Å². The van der Waals surface area contributed by atoms with Gasteiger partial charge in [-0.3, -0.25) is 4.98 Å². The Morgan fingerprint density at radius 2 is 2.09 bits per heavy atom. The van der Waals surface area contributed by atoms with Crippen molar-refractivity contribution < 1.29 is 8.91 Å². The minimum atomic E-state index is -0.370. The van der Waals surface area contributed by atoms with Gasteiger partial charge in [0.05, 0.1) is 24.6 Å². The molecule has 3 heterocycles. The molecule has 0 saturated carbocycles. The molecule has 3 aromatic rings. The second kappa shape index (κ2) is 5.32. The zero-order valence-electron chi connectivity index (χ0n) is 11.9. The van der Waals surface area contributed by atoms with E-state index in [0.717, 1.165) is 30.7 Å². The molecule has 0 spiro atoms. The molecule has 0 bridgehead atoms. The zero-order valence-corrected chi connectivity index (χ0v) is 11.9. The second-order valence-corrected chi connectivity index (χ2v) is 5.40. The van der Waals surface area contributed by atoms with E-state index in [1.165, 1.54) is 24.2 Å². The SMILES string of the molecule is Fc1ccc(-c2cn(Cc3noc4c3CCCC4)nn2)nc1. The molecule has 0 aromatic carbocycles. The van der Waals surface area contributed by atoms with Gasteiger partial charge in [-0.05, 0) is 31.4 Å². The van der Waals surface area contributed by atoms with Crippen LogP contribution in [-0.4, -0.2) is 25.1 Å². The molecule has 22 heavy (non-hydrogen) atoms. The van der Waals surface area contributed by atoms with Crippen LogP contribution in [0.15, 0.2) is 29.0 Å². The lowest BCUT2D eigenvalue weighted by molar-refractivity contribution is 0.366. The Labute approximate surface area is 126 Å². The van der Waals surface area contributed by atoms with E-state index < -0.39 is 0 Å². The largest absolute Gasteiger partial charge is 0.361 e. The number of nitrogens with zero attached hydrogens (tertiary/aromatic N) is 5. The van der Waals surface area contributed by atoms with Gasteiger partial charge in [0, 0.05) is 12.0 Å². The molecule has 1 aliphatic rings. The van der Waals surface area contributed by atoms with Crippen molar-refractivity contribution in [2.75, 3.05) is 0 Å². The van der Waals surface area contributed by atoms with Crippen molar-refractivity contribution in [2.24, 2.45) is 0 Å². The Morgan fingerprint density at radius 1 is 1.18 bits per heavy atom. The molecule has 0 atom stereocenters. The van der Waals surface area contributed by atoms with Crippen molar-refractivity contribution in [1.29, 1.82) is 0 Å². The van der Waals surface area contributed by atoms with Gasteiger partial charge in [0.25, 0.3) is 0 Å². The van der Waals surface area contributed by atoms with Crippen LogP contribution in [0.3, 0.4) is 0 Å². The average molecular weight is 299 g/mol. The lowest BCUT2D eigenvalue weighted by atomic mass is 9.96. The molecule has 7 heteroatoms. The van der Waals surface area contributed by atoms with Crippen LogP contribution in [0.1, 0.15) is 29.9 Å². The van der Waals surface area contributed by atoms with Gasteiger partial charge in [0.15, 0.2) is 0 Å². The predicted molar refractivity (Wildman–Crippen MR) is 75.5 cm³/mol. The van der Waals surface area contributed by atoms with E-state index in [0.29, 0.717) is 17.9 Å². The maximum atomic E-state index is 12.9. The molecule has 0 N–H and O–H groups in total. The molecule has 6 nitrogen and oxygen atoms in total. The smallest absolute Gasteiger partial charge is 0.141 e. The van der Waals surface area contributed by atoms with E-state index in [2.05, 4.69) is 20.5 Å². The Bertz CT molecular complexity index is 793. The van der Waals surface area contributed by atoms with Gasteiger partial charge in [-0.2, -0.15) is 0 Å². The molecule has 4 rings (SSSR count). The van der Waals surface area contributed by atoms with Crippen LogP contribution >= 0.6 is 0 Å². The standard InChI is InChI=1S/C15H14FN5O/c16-10-5-6-12(17-7-10)14-9-21(20-18-14)8-13-11-3-1-2-4-15(11)22-19-13/h5-7,9H,1-4,8H2. The third-order valence-electron chi connectivity index (χ3n) is 3.87. The van der Waals surface area contributed by atoms with Crippen LogP contribution < -0.4 is 0 Å². The number of aromatic nitrogens is 5. The van der Waals surface area contributed by atoms with Crippen LogP contribution in [0.2, 0.25) is 0 Å². The summed E-state index contributed by atoms with van der Waals surface area (Å²) in [5, 5.41) is 12.3. The highest BCUT2D eigenvalue weighted by molar-refractivity contribution is 5.51. The molecule has 0 radical (unpaired) electrons. The van der Waals surface area contributed by atoms with Crippen LogP contribution in [0.4, 0.5) is 4.39 Å². The molecular formula is C15H14FN5O. The Kier molecular flexibility index (Phi) is 3.17. The van der Waals surface area contributed by atoms with Crippen LogP contribution in [-0.2, 0) is 19.4 Å². The number of pyridine rings is 1. The van der Waals surface area contributed by atoms with Gasteiger partial charge in [0.1, 0.15) is 23.0 Å². The molecule has 0 aliphatic heterocycles. The first-order valence-corrected chi connectivity index (χ1v) is 7.28. The molecular weight excluding hydrogens is 285 g/mol. The highest BCUT2D eigenvalue weighted by Gasteiger charge is 2.19. The Balaban J connectivity index is 1.57. The number of fused-ring (bicyclic) bond motifs is 1. The minimum absolute atomic E-state index is 0.370. The molecule has 0 amide bonds. The Hall–Kier alpha value is -2.57. The van der Waals surface area contributed by atoms with Crippen molar-refractivity contribution in [3.63, 3.8) is 0 Å². The number of hydrogen-bond acceptors (Lipinski definition) is 5. The van der Waals surface area contributed by atoms with Gasteiger partial charge in [-0.25, -0.2) is 9.07 Å². The third kappa shape index (κ3) is 2.38. The van der Waals surface area contributed by atoms with E-state index in [-0.39, 0.29) is 5.82 Å². The highest BCUT2D eigenvalue weighted by atomic mass is 19.1. The predicted octanol–water partition coefficient (Wildman–Crippen LogP) is 2.39. The molecule has 112 valence electrons. The van der Waals surface area contributed by atoms with Crippen molar-refractivity contribution in [1.82, 2.24) is 25.1 Å². The monoisotopic (exact) mass is 299 g/mol. The lowest BCUT2D eigenvalue weighted by Crippen LogP contribution is -2.06. The fourth-order valence-corrected chi connectivity index (χ4v) is 2.75. The first kappa shape index (κ1) is 13.1. The van der Waals surface area contributed by atoms with E-state index in [4.69, 9.17) is 4.52 Å². The van der Waals surface area contributed by atoms with E-state index in [1.54, 1.807) is 16.9 Å². The summed E-state index contributed by atoms with van der Waals surface area (Å²) in [6.07, 6.45) is 7.25. The summed E-state index contributed by atoms with van der Waals surface area (Å²) < 4.78 is 20.0. The summed E-state index contributed by atoms with van der Waals surface area (Å²) in [5.41, 5.74) is 3.33. The van der Waals surface area contributed by atoms with Gasteiger partial charge in [-0.15, -0.1) is 5.10 Å². The van der Waals surface area contributed by atoms with E-state index in [9.17, 15) is 4.39 Å². The summed E-state index contributed by atoms with van der Waals surface area (Å²) in [4.78, 5) is 4.00. The first-order valence-electron chi connectivity index (χ1n) is 7.28. The summed E-state index contributed by atoms with van der Waals surface area (Å²) in [7, 11) is 0. The fraction of sp³-hybridized carbons (Fsp3) is 0.333. The highest BCUT2D eigenvalue weighted by Crippen LogP contribution is 2.24. The van der Waals surface area contributed by atoms with E-state index >= 15 is 0 Å².